The first-order valence-corrected chi connectivity index (χ1v) is 14.8. The highest BCUT2D eigenvalue weighted by atomic mass is 35.5. The van der Waals surface area contributed by atoms with Gasteiger partial charge in [-0.25, -0.2) is 8.42 Å². The lowest BCUT2D eigenvalue weighted by Crippen LogP contribution is -2.50. The molecule has 2 aromatic carbocycles. The van der Waals surface area contributed by atoms with Crippen LogP contribution in [0.4, 0.5) is 13.2 Å². The SMILES string of the molecule is O=C1NC(c2cccc(OC(F)(F)F)c2)=NC12CCN(S(=O)(=O)C=Cc1cc(Cl)c(OCCC(O)CO)cc1Cl)CC2. The third kappa shape index (κ3) is 7.74. The molecule has 1 unspecified atom stereocenters. The molecule has 0 radical (unpaired) electrons. The predicted molar refractivity (Wildman–Crippen MR) is 149 cm³/mol. The second kappa shape index (κ2) is 12.8. The molecule has 0 saturated carbocycles. The Kier molecular flexibility index (Phi) is 9.75. The van der Waals surface area contributed by atoms with E-state index in [9.17, 15) is 31.5 Å². The Labute approximate surface area is 249 Å². The van der Waals surface area contributed by atoms with Crippen LogP contribution in [-0.2, 0) is 14.8 Å². The molecule has 42 heavy (non-hydrogen) atoms. The molecular weight excluding hydrogens is 626 g/mol. The lowest BCUT2D eigenvalue weighted by molar-refractivity contribution is -0.274. The molecule has 0 aromatic heterocycles. The van der Waals surface area contributed by atoms with Crippen molar-refractivity contribution in [2.45, 2.75) is 37.3 Å². The molecule has 2 aliphatic heterocycles. The van der Waals surface area contributed by atoms with Crippen molar-refractivity contribution in [1.82, 2.24) is 9.62 Å². The number of amides is 1. The van der Waals surface area contributed by atoms with E-state index in [2.05, 4.69) is 15.0 Å². The van der Waals surface area contributed by atoms with Gasteiger partial charge in [-0.3, -0.25) is 9.79 Å². The number of halogens is 5. The van der Waals surface area contributed by atoms with Gasteiger partial charge in [0.05, 0.1) is 29.4 Å². The number of aliphatic imine (C=N–C) groups is 1. The summed E-state index contributed by atoms with van der Waals surface area (Å²) in [4.78, 5) is 17.3. The number of nitrogens with one attached hydrogen (secondary N) is 1. The highest BCUT2D eigenvalue weighted by Crippen LogP contribution is 2.35. The van der Waals surface area contributed by atoms with E-state index in [0.717, 1.165) is 17.5 Å². The maximum Gasteiger partial charge on any atom is 0.573 e. The molecule has 1 spiro atoms. The van der Waals surface area contributed by atoms with Gasteiger partial charge < -0.3 is 25.0 Å². The van der Waals surface area contributed by atoms with Gasteiger partial charge in [-0.1, -0.05) is 35.3 Å². The number of aliphatic hydroxyl groups is 2. The number of hydrogen-bond donors (Lipinski definition) is 3. The summed E-state index contributed by atoms with van der Waals surface area (Å²) in [7, 11) is -3.94. The van der Waals surface area contributed by atoms with Gasteiger partial charge in [0.1, 0.15) is 22.9 Å². The van der Waals surface area contributed by atoms with Gasteiger partial charge in [0.15, 0.2) is 0 Å². The average molecular weight is 652 g/mol. The summed E-state index contributed by atoms with van der Waals surface area (Å²) >= 11 is 12.5. The highest BCUT2D eigenvalue weighted by molar-refractivity contribution is 7.92. The Morgan fingerprint density at radius 1 is 1.17 bits per heavy atom. The lowest BCUT2D eigenvalue weighted by Gasteiger charge is -2.34. The Balaban J connectivity index is 1.41. The first-order chi connectivity index (χ1) is 19.7. The van der Waals surface area contributed by atoms with Crippen molar-refractivity contribution in [3.63, 3.8) is 0 Å². The number of piperidine rings is 1. The number of nitrogens with zero attached hydrogens (tertiary/aromatic N) is 2. The van der Waals surface area contributed by atoms with E-state index in [1.165, 1.54) is 34.6 Å². The van der Waals surface area contributed by atoms with Gasteiger partial charge >= 0.3 is 6.36 Å². The fourth-order valence-electron chi connectivity index (χ4n) is 4.37. The maximum atomic E-state index is 13.0. The van der Waals surface area contributed by atoms with Crippen molar-refractivity contribution in [3.8, 4) is 11.5 Å². The third-order valence-electron chi connectivity index (χ3n) is 6.62. The van der Waals surface area contributed by atoms with E-state index in [4.69, 9.17) is 33.0 Å². The zero-order valence-electron chi connectivity index (χ0n) is 21.8. The minimum absolute atomic E-state index is 0.0327. The van der Waals surface area contributed by atoms with Crippen LogP contribution in [0.1, 0.15) is 30.4 Å². The summed E-state index contributed by atoms with van der Waals surface area (Å²) in [5.74, 6) is -0.635. The van der Waals surface area contributed by atoms with Crippen LogP contribution in [0.25, 0.3) is 6.08 Å². The molecule has 1 atom stereocenters. The van der Waals surface area contributed by atoms with E-state index in [1.54, 1.807) is 0 Å². The summed E-state index contributed by atoms with van der Waals surface area (Å²) in [5, 5.41) is 22.2. The first kappa shape index (κ1) is 32.0. The molecule has 2 aliphatic rings. The average Bonchev–Trinajstić information content (AvgIpc) is 3.24. The Bertz CT molecular complexity index is 1490. The van der Waals surface area contributed by atoms with Gasteiger partial charge in [0, 0.05) is 36.5 Å². The predicted octanol–water partition coefficient (Wildman–Crippen LogP) is 3.73. The van der Waals surface area contributed by atoms with Crippen LogP contribution in [0.2, 0.25) is 10.0 Å². The molecular formula is C26H26Cl2F3N3O7S. The van der Waals surface area contributed by atoms with Gasteiger partial charge in [0.25, 0.3) is 5.91 Å². The van der Waals surface area contributed by atoms with Crippen molar-refractivity contribution in [3.05, 3.63) is 63.0 Å². The molecule has 1 amide bonds. The van der Waals surface area contributed by atoms with Gasteiger partial charge in [-0.15, -0.1) is 13.2 Å². The number of ether oxygens (including phenoxy) is 2. The summed E-state index contributed by atoms with van der Waals surface area (Å²) < 4.78 is 74.4. The Morgan fingerprint density at radius 3 is 2.55 bits per heavy atom. The highest BCUT2D eigenvalue weighted by Gasteiger charge is 2.47. The lowest BCUT2D eigenvalue weighted by atomic mass is 9.89. The van der Waals surface area contributed by atoms with E-state index in [-0.39, 0.29) is 66.2 Å². The molecule has 2 heterocycles. The second-order valence-corrected chi connectivity index (χ2v) is 12.2. The summed E-state index contributed by atoms with van der Waals surface area (Å²) in [6.07, 6.45) is -4.27. The van der Waals surface area contributed by atoms with Gasteiger partial charge in [-0.2, -0.15) is 4.31 Å². The largest absolute Gasteiger partial charge is 0.573 e. The number of rotatable bonds is 10. The summed E-state index contributed by atoms with van der Waals surface area (Å²) in [5.41, 5.74) is -0.733. The Hall–Kier alpha value is -2.88. The number of alkyl halides is 3. The quantitative estimate of drug-likeness (QED) is 0.356. The molecule has 10 nitrogen and oxygen atoms in total. The molecule has 1 fully saturated rings. The second-order valence-electron chi connectivity index (χ2n) is 9.55. The van der Waals surface area contributed by atoms with E-state index >= 15 is 0 Å². The molecule has 16 heteroatoms. The summed E-state index contributed by atoms with van der Waals surface area (Å²) in [6.45, 7) is -0.404. The molecule has 3 N–H and O–H groups in total. The zero-order valence-corrected chi connectivity index (χ0v) is 24.1. The number of carbonyl (C=O) groups excluding carboxylic acids is 1. The van der Waals surface area contributed by atoms with E-state index in [1.807, 2.05) is 0 Å². The van der Waals surface area contributed by atoms with Crippen molar-refractivity contribution in [1.29, 1.82) is 0 Å². The summed E-state index contributed by atoms with van der Waals surface area (Å²) in [6, 6.07) is 7.87. The van der Waals surface area contributed by atoms with Crippen molar-refractivity contribution >= 4 is 51.0 Å². The topological polar surface area (TPSA) is 138 Å². The van der Waals surface area contributed by atoms with Gasteiger partial charge in [-0.05, 0) is 42.7 Å². The van der Waals surface area contributed by atoms with Crippen molar-refractivity contribution in [2.24, 2.45) is 4.99 Å². The third-order valence-corrected chi connectivity index (χ3v) is 8.81. The monoisotopic (exact) mass is 651 g/mol. The minimum atomic E-state index is -4.88. The molecule has 0 bridgehead atoms. The maximum absolute atomic E-state index is 13.0. The fourth-order valence-corrected chi connectivity index (χ4v) is 5.99. The molecule has 0 aliphatic carbocycles. The van der Waals surface area contributed by atoms with E-state index < -0.39 is 46.3 Å². The Morgan fingerprint density at radius 2 is 1.88 bits per heavy atom. The number of amidine groups is 1. The van der Waals surface area contributed by atoms with Crippen LogP contribution in [0.5, 0.6) is 11.5 Å². The van der Waals surface area contributed by atoms with Crippen LogP contribution in [0, 0.1) is 0 Å². The molecule has 228 valence electrons. The van der Waals surface area contributed by atoms with Crippen LogP contribution in [-0.4, -0.2) is 79.0 Å². The number of carbonyl (C=O) groups is 1. The van der Waals surface area contributed by atoms with E-state index in [0.29, 0.717) is 5.56 Å². The molecule has 4 rings (SSSR count). The van der Waals surface area contributed by atoms with Crippen LogP contribution in [0.15, 0.2) is 46.8 Å². The van der Waals surface area contributed by atoms with Crippen LogP contribution < -0.4 is 14.8 Å². The standard InChI is InChI=1S/C26H26Cl2F3N3O7S/c27-20-14-22(40-10-4-18(36)15-35)21(28)13-16(20)5-11-42(38,39)34-8-6-25(7-9-34)24(37)32-23(33-25)17-2-1-3-19(12-17)41-26(29,30)31/h1-3,5,11-14,18,35-36H,4,6-10,15H2,(H,32,33,37). The number of hydrogen-bond acceptors (Lipinski definition) is 8. The normalized spacial score (nSPS) is 18.3. The zero-order chi connectivity index (χ0) is 30.7. The minimum Gasteiger partial charge on any atom is -0.492 e. The number of aliphatic hydroxyl groups excluding tert-OH is 2. The number of sulfonamides is 1. The van der Waals surface area contributed by atoms with Crippen molar-refractivity contribution in [2.75, 3.05) is 26.3 Å². The smallest absolute Gasteiger partial charge is 0.492 e. The number of benzene rings is 2. The first-order valence-electron chi connectivity index (χ1n) is 12.6. The van der Waals surface area contributed by atoms with Crippen LogP contribution >= 0.6 is 23.2 Å². The van der Waals surface area contributed by atoms with Crippen molar-refractivity contribution < 1.29 is 46.1 Å². The van der Waals surface area contributed by atoms with Gasteiger partial charge in [0.2, 0.25) is 10.0 Å². The molecule has 1 saturated heterocycles. The molecule has 2 aromatic rings. The fraction of sp³-hybridized carbons (Fsp3) is 0.385. The van der Waals surface area contributed by atoms with Crippen LogP contribution in [0.3, 0.4) is 0 Å².